The lowest BCUT2D eigenvalue weighted by Crippen LogP contribution is -2.66. The van der Waals surface area contributed by atoms with Crippen LogP contribution < -0.4 is 5.32 Å². The zero-order valence-electron chi connectivity index (χ0n) is 27.2. The molecule has 5 aliphatic carbocycles. The van der Waals surface area contributed by atoms with Gasteiger partial charge in [-0.3, -0.25) is 19.2 Å². The molecule has 0 saturated heterocycles. The summed E-state index contributed by atoms with van der Waals surface area (Å²) in [5.41, 5.74) is -0.0105. The predicted molar refractivity (Wildman–Crippen MR) is 160 cm³/mol. The number of fused-ring (bicyclic) bond motifs is 7. The first-order valence-electron chi connectivity index (χ1n) is 16.3. The molecule has 0 spiro atoms. The molecule has 234 valence electrons. The lowest BCUT2D eigenvalue weighted by atomic mass is 9.33. The second-order valence-electron chi connectivity index (χ2n) is 16.6. The number of aliphatic carboxylic acids is 1. The van der Waals surface area contributed by atoms with Crippen LogP contribution in [0.3, 0.4) is 0 Å². The summed E-state index contributed by atoms with van der Waals surface area (Å²) in [6.07, 6.45) is 9.96. The Morgan fingerprint density at radius 3 is 2.26 bits per heavy atom. The van der Waals surface area contributed by atoms with Crippen LogP contribution in [0.5, 0.6) is 0 Å². The molecule has 7 heteroatoms. The predicted octanol–water partition coefficient (Wildman–Crippen LogP) is 6.49. The summed E-state index contributed by atoms with van der Waals surface area (Å²) in [4.78, 5) is 50.9. The molecule has 0 heterocycles. The molecule has 0 bridgehead atoms. The number of carbonyl (C=O) groups is 4. The maximum absolute atomic E-state index is 14.5. The van der Waals surface area contributed by atoms with E-state index in [1.54, 1.807) is 0 Å². The minimum atomic E-state index is -0.917. The monoisotopic (exact) mass is 583 g/mol. The lowest BCUT2D eigenvalue weighted by Gasteiger charge is -2.70. The molecule has 1 amide bonds. The van der Waals surface area contributed by atoms with E-state index >= 15 is 0 Å². The van der Waals surface area contributed by atoms with Gasteiger partial charge in [-0.05, 0) is 97.4 Å². The van der Waals surface area contributed by atoms with Crippen molar-refractivity contribution in [2.45, 2.75) is 126 Å². The first-order chi connectivity index (χ1) is 19.3. The van der Waals surface area contributed by atoms with Gasteiger partial charge < -0.3 is 15.2 Å². The molecule has 2 N–H and O–H groups in total. The topological polar surface area (TPSA) is 110 Å². The fraction of sp³-hybridized carbons (Fsp3) is 0.829. The maximum atomic E-state index is 14.5. The average molecular weight is 584 g/mol. The molecule has 0 aromatic carbocycles. The van der Waals surface area contributed by atoms with Gasteiger partial charge >= 0.3 is 11.9 Å². The molecular weight excluding hydrogens is 530 g/mol. The Labute approximate surface area is 252 Å². The Kier molecular flexibility index (Phi) is 7.38. The minimum absolute atomic E-state index is 0.0425. The van der Waals surface area contributed by atoms with Crippen LogP contribution in [0.4, 0.5) is 0 Å². The summed E-state index contributed by atoms with van der Waals surface area (Å²) < 4.78 is 5.84. The molecule has 5 aliphatic rings. The van der Waals surface area contributed by atoms with Gasteiger partial charge in [0.05, 0.1) is 6.42 Å². The van der Waals surface area contributed by atoms with Crippen LogP contribution in [-0.4, -0.2) is 41.4 Å². The Morgan fingerprint density at radius 1 is 0.952 bits per heavy atom. The molecule has 7 nitrogen and oxygen atoms in total. The first-order valence-corrected chi connectivity index (χ1v) is 16.3. The van der Waals surface area contributed by atoms with Gasteiger partial charge in [0.2, 0.25) is 5.91 Å². The Morgan fingerprint density at radius 2 is 1.62 bits per heavy atom. The van der Waals surface area contributed by atoms with Crippen molar-refractivity contribution in [1.82, 2.24) is 5.32 Å². The molecule has 42 heavy (non-hydrogen) atoms. The summed E-state index contributed by atoms with van der Waals surface area (Å²) in [7, 11) is 0. The summed E-state index contributed by atoms with van der Waals surface area (Å²) in [5, 5.41) is 11.9. The van der Waals surface area contributed by atoms with Crippen molar-refractivity contribution in [1.29, 1.82) is 0 Å². The smallest absolute Gasteiger partial charge is 0.305 e. The van der Waals surface area contributed by atoms with Gasteiger partial charge in [-0.2, -0.15) is 0 Å². The zero-order chi connectivity index (χ0) is 31.1. The second-order valence-corrected chi connectivity index (χ2v) is 16.6. The van der Waals surface area contributed by atoms with Crippen molar-refractivity contribution < 1.29 is 29.0 Å². The van der Waals surface area contributed by atoms with Crippen molar-refractivity contribution >= 4 is 23.6 Å². The molecule has 5 rings (SSSR count). The van der Waals surface area contributed by atoms with E-state index in [1.165, 1.54) is 12.5 Å². The number of nitrogens with one attached hydrogen (secondary N) is 1. The zero-order valence-corrected chi connectivity index (χ0v) is 27.2. The molecule has 0 aromatic heterocycles. The Bertz CT molecular complexity index is 1220. The van der Waals surface area contributed by atoms with Crippen LogP contribution in [0.25, 0.3) is 0 Å². The molecule has 0 aromatic rings. The maximum Gasteiger partial charge on any atom is 0.305 e. The van der Waals surface area contributed by atoms with E-state index in [9.17, 15) is 19.2 Å². The van der Waals surface area contributed by atoms with E-state index in [-0.39, 0.29) is 81.6 Å². The molecule has 4 fully saturated rings. The highest BCUT2D eigenvalue weighted by molar-refractivity contribution is 5.95. The largest absolute Gasteiger partial charge is 0.481 e. The number of carboxylic acids is 1. The fourth-order valence-corrected chi connectivity index (χ4v) is 11.3. The molecule has 0 radical (unpaired) electrons. The van der Waals surface area contributed by atoms with Crippen LogP contribution >= 0.6 is 0 Å². The van der Waals surface area contributed by atoms with E-state index < -0.39 is 11.4 Å². The van der Waals surface area contributed by atoms with Gasteiger partial charge in [0.15, 0.2) is 5.78 Å². The van der Waals surface area contributed by atoms with Crippen LogP contribution in [0, 0.1) is 50.2 Å². The van der Waals surface area contributed by atoms with Crippen molar-refractivity contribution in [3.05, 3.63) is 11.6 Å². The van der Waals surface area contributed by atoms with Gasteiger partial charge in [-0.15, -0.1) is 0 Å². The van der Waals surface area contributed by atoms with Crippen LogP contribution in [0.2, 0.25) is 0 Å². The highest BCUT2D eigenvalue weighted by Gasteiger charge is 2.70. The number of ketones is 1. The van der Waals surface area contributed by atoms with E-state index in [0.29, 0.717) is 6.42 Å². The number of rotatable bonds is 5. The number of ether oxygens (including phenoxy) is 1. The third-order valence-electron chi connectivity index (χ3n) is 14.0. The van der Waals surface area contributed by atoms with Gasteiger partial charge in [0, 0.05) is 30.2 Å². The van der Waals surface area contributed by atoms with Gasteiger partial charge in [0.25, 0.3) is 0 Å². The lowest BCUT2D eigenvalue weighted by molar-refractivity contribution is -0.210. The summed E-state index contributed by atoms with van der Waals surface area (Å²) in [6, 6.07) is 0. The molecule has 9 atom stereocenters. The number of hydrogen-bond acceptors (Lipinski definition) is 5. The van der Waals surface area contributed by atoms with Crippen molar-refractivity contribution in [2.75, 3.05) is 6.54 Å². The third-order valence-corrected chi connectivity index (χ3v) is 14.0. The Hall–Kier alpha value is -2.18. The number of carboxylic acid groups (broad SMARTS) is 1. The van der Waals surface area contributed by atoms with Crippen molar-refractivity contribution in [3.8, 4) is 0 Å². The summed E-state index contributed by atoms with van der Waals surface area (Å²) in [5.74, 6) is -0.625. The van der Waals surface area contributed by atoms with E-state index in [1.807, 2.05) is 13.0 Å². The van der Waals surface area contributed by atoms with Gasteiger partial charge in [-0.25, -0.2) is 0 Å². The summed E-state index contributed by atoms with van der Waals surface area (Å²) in [6.45, 7) is 17.6. The standard InChI is InChI=1S/C35H53NO6/c1-21(37)42-26-10-12-33(6)25(30(26,2)3)9-13-35(8)28(33)24(38)19-22-23-20-32(5,29(41)36-18-11-27(39)40)15-14-31(23,4)16-17-34(22,35)7/h19,23,25-26,28H,9-18,20H2,1-8H3,(H,36,41)(H,39,40)/t23-,25-,26-,28+,31+,32-,33-,34+,35+/m0/s1. The van der Waals surface area contributed by atoms with Gasteiger partial charge in [0.1, 0.15) is 6.10 Å². The number of esters is 1. The Balaban J connectivity index is 1.50. The third kappa shape index (κ3) is 4.41. The normalized spacial score (nSPS) is 45.7. The number of hydrogen-bond donors (Lipinski definition) is 2. The van der Waals surface area contributed by atoms with Crippen LogP contribution in [-0.2, 0) is 23.9 Å². The van der Waals surface area contributed by atoms with Crippen LogP contribution in [0.1, 0.15) is 120 Å². The SMILES string of the molecule is CC(=O)O[C@H]1CC[C@]2(C)[C@H]3C(=O)C=C4[C@@H]5C[C@@](C)(C(=O)NCCC(=O)O)CC[C@]5(C)CC[C@@]4(C)[C@]3(C)CC[C@H]2C1(C)C. The highest BCUT2D eigenvalue weighted by atomic mass is 16.5. The van der Waals surface area contributed by atoms with E-state index in [2.05, 4.69) is 46.9 Å². The first kappa shape index (κ1) is 31.3. The minimum Gasteiger partial charge on any atom is -0.481 e. The second kappa shape index (κ2) is 9.92. The molecule has 0 unspecified atom stereocenters. The molecule has 4 saturated carbocycles. The molecule has 0 aliphatic heterocycles. The number of carbonyl (C=O) groups excluding carboxylic acids is 3. The van der Waals surface area contributed by atoms with Crippen LogP contribution in [0.15, 0.2) is 11.6 Å². The average Bonchev–Trinajstić information content (AvgIpc) is 2.87. The number of allylic oxidation sites excluding steroid dienone is 2. The van der Waals surface area contributed by atoms with Crippen molar-refractivity contribution in [2.24, 2.45) is 50.2 Å². The summed E-state index contributed by atoms with van der Waals surface area (Å²) >= 11 is 0. The van der Waals surface area contributed by atoms with Gasteiger partial charge in [-0.1, -0.05) is 54.0 Å². The fourth-order valence-electron chi connectivity index (χ4n) is 11.3. The number of amides is 1. The molecular formula is C35H53NO6. The van der Waals surface area contributed by atoms with E-state index in [0.717, 1.165) is 51.4 Å². The van der Waals surface area contributed by atoms with Crippen molar-refractivity contribution in [3.63, 3.8) is 0 Å². The quantitative estimate of drug-likeness (QED) is 0.358. The highest BCUT2D eigenvalue weighted by Crippen LogP contribution is 2.75. The van der Waals surface area contributed by atoms with E-state index in [4.69, 9.17) is 9.84 Å².